The van der Waals surface area contributed by atoms with Crippen LogP contribution in [0.25, 0.3) is 0 Å². The van der Waals surface area contributed by atoms with E-state index >= 15 is 0 Å². The monoisotopic (exact) mass is 373 g/mol. The number of nitrogens with one attached hydrogen (secondary N) is 1. The molecule has 2 amide bonds. The van der Waals surface area contributed by atoms with E-state index in [2.05, 4.69) is 5.32 Å². The largest absolute Gasteiger partial charge is 0.381 e. The molecule has 1 aliphatic carbocycles. The zero-order valence-electron chi connectivity index (χ0n) is 15.8. The SMILES string of the molecule is Cn1cccc(C(=O)N2CC(C(=O)NCC3CC3)C3(CCOCC3)C2)c1=O. The Labute approximate surface area is 158 Å². The van der Waals surface area contributed by atoms with Gasteiger partial charge in [0.1, 0.15) is 5.56 Å². The summed E-state index contributed by atoms with van der Waals surface area (Å²) in [5.41, 5.74) is -0.381. The number of nitrogens with zero attached hydrogens (tertiary/aromatic N) is 2. The zero-order valence-corrected chi connectivity index (χ0v) is 15.8. The van der Waals surface area contributed by atoms with Crippen molar-refractivity contribution in [2.75, 3.05) is 32.8 Å². The number of aryl methyl sites for hydroxylation is 1. The number of aromatic nitrogens is 1. The van der Waals surface area contributed by atoms with Crippen LogP contribution in [0.1, 0.15) is 36.0 Å². The van der Waals surface area contributed by atoms with Crippen LogP contribution in [-0.4, -0.2) is 54.1 Å². The van der Waals surface area contributed by atoms with Crippen molar-refractivity contribution in [3.05, 3.63) is 34.2 Å². The van der Waals surface area contributed by atoms with Gasteiger partial charge in [-0.3, -0.25) is 14.4 Å². The van der Waals surface area contributed by atoms with E-state index in [4.69, 9.17) is 4.74 Å². The summed E-state index contributed by atoms with van der Waals surface area (Å²) in [4.78, 5) is 40.0. The maximum atomic E-state index is 13.0. The van der Waals surface area contributed by atoms with E-state index in [9.17, 15) is 14.4 Å². The van der Waals surface area contributed by atoms with Gasteiger partial charge in [-0.1, -0.05) is 0 Å². The van der Waals surface area contributed by atoms with E-state index in [1.54, 1.807) is 30.3 Å². The zero-order chi connectivity index (χ0) is 19.0. The van der Waals surface area contributed by atoms with Crippen LogP contribution in [0.3, 0.4) is 0 Å². The molecule has 1 spiro atoms. The topological polar surface area (TPSA) is 80.6 Å². The predicted octanol–water partition coefficient (Wildman–Crippen LogP) is 0.780. The fourth-order valence-electron chi connectivity index (χ4n) is 4.39. The number of carbonyl (C=O) groups excluding carboxylic acids is 2. The summed E-state index contributed by atoms with van der Waals surface area (Å²) in [5, 5.41) is 3.09. The Bertz CT molecular complexity index is 793. The van der Waals surface area contributed by atoms with Crippen LogP contribution in [0.15, 0.2) is 23.1 Å². The van der Waals surface area contributed by atoms with Gasteiger partial charge in [0.25, 0.3) is 11.5 Å². The first-order valence-corrected chi connectivity index (χ1v) is 9.80. The molecule has 2 aliphatic heterocycles. The minimum atomic E-state index is -0.301. The van der Waals surface area contributed by atoms with Crippen molar-refractivity contribution in [3.8, 4) is 0 Å². The van der Waals surface area contributed by atoms with Gasteiger partial charge in [0, 0.05) is 51.5 Å². The van der Waals surface area contributed by atoms with Gasteiger partial charge in [0.15, 0.2) is 0 Å². The third-order valence-corrected chi connectivity index (χ3v) is 6.36. The Morgan fingerprint density at radius 3 is 2.74 bits per heavy atom. The number of hydrogen-bond acceptors (Lipinski definition) is 4. The van der Waals surface area contributed by atoms with Crippen molar-refractivity contribution in [2.24, 2.45) is 24.3 Å². The van der Waals surface area contributed by atoms with Crippen LogP contribution in [0.2, 0.25) is 0 Å². The number of hydrogen-bond donors (Lipinski definition) is 1. The minimum Gasteiger partial charge on any atom is -0.381 e. The van der Waals surface area contributed by atoms with Crippen molar-refractivity contribution in [2.45, 2.75) is 25.7 Å². The Kier molecular flexibility index (Phi) is 4.80. The highest BCUT2D eigenvalue weighted by Gasteiger charge is 2.52. The van der Waals surface area contributed by atoms with Crippen LogP contribution in [-0.2, 0) is 16.6 Å². The molecule has 7 heteroatoms. The fourth-order valence-corrected chi connectivity index (χ4v) is 4.39. The number of ether oxygens (including phenoxy) is 1. The first-order valence-electron chi connectivity index (χ1n) is 9.80. The summed E-state index contributed by atoms with van der Waals surface area (Å²) in [6, 6.07) is 3.27. The molecule has 0 bridgehead atoms. The molecule has 4 rings (SSSR count). The smallest absolute Gasteiger partial charge is 0.263 e. The molecule has 1 unspecified atom stereocenters. The molecular formula is C20H27N3O4. The molecule has 1 aromatic rings. The van der Waals surface area contributed by atoms with Crippen molar-refractivity contribution < 1.29 is 14.3 Å². The quantitative estimate of drug-likeness (QED) is 0.846. The fraction of sp³-hybridized carbons (Fsp3) is 0.650. The van der Waals surface area contributed by atoms with Gasteiger partial charge in [-0.15, -0.1) is 0 Å². The Hall–Kier alpha value is -2.15. The lowest BCUT2D eigenvalue weighted by Gasteiger charge is -2.37. The number of rotatable bonds is 4. The summed E-state index contributed by atoms with van der Waals surface area (Å²) < 4.78 is 6.93. The summed E-state index contributed by atoms with van der Waals surface area (Å²) in [7, 11) is 1.64. The average Bonchev–Trinajstić information content (AvgIpc) is 3.43. The lowest BCUT2D eigenvalue weighted by molar-refractivity contribution is -0.129. The van der Waals surface area contributed by atoms with Gasteiger partial charge in [-0.2, -0.15) is 0 Å². The molecule has 0 radical (unpaired) electrons. The van der Waals surface area contributed by atoms with E-state index in [1.807, 2.05) is 0 Å². The molecular weight excluding hydrogens is 346 g/mol. The molecule has 146 valence electrons. The van der Waals surface area contributed by atoms with Gasteiger partial charge in [0.2, 0.25) is 5.91 Å². The van der Waals surface area contributed by atoms with Crippen molar-refractivity contribution in [1.29, 1.82) is 0 Å². The molecule has 0 aromatic carbocycles. The molecule has 1 aromatic heterocycles. The van der Waals surface area contributed by atoms with E-state index in [-0.39, 0.29) is 34.3 Å². The third kappa shape index (κ3) is 3.52. The Balaban J connectivity index is 1.56. The van der Waals surface area contributed by atoms with E-state index in [1.165, 1.54) is 17.4 Å². The van der Waals surface area contributed by atoms with Crippen LogP contribution in [0.5, 0.6) is 0 Å². The standard InChI is InChI=1S/C20H27N3O4/c1-22-8-2-3-15(18(22)25)19(26)23-12-16(17(24)21-11-14-4-5-14)20(13-23)6-9-27-10-7-20/h2-3,8,14,16H,4-7,9-13H2,1H3,(H,21,24). The maximum absolute atomic E-state index is 13.0. The number of likely N-dealkylation sites (tertiary alicyclic amines) is 1. The number of amides is 2. The molecule has 3 fully saturated rings. The molecule has 3 aliphatic rings. The maximum Gasteiger partial charge on any atom is 0.263 e. The van der Waals surface area contributed by atoms with Crippen LogP contribution in [0, 0.1) is 17.3 Å². The Morgan fingerprint density at radius 1 is 1.30 bits per heavy atom. The van der Waals surface area contributed by atoms with Crippen LogP contribution in [0.4, 0.5) is 0 Å². The molecule has 1 N–H and O–H groups in total. The highest BCUT2D eigenvalue weighted by Crippen LogP contribution is 2.44. The normalized spacial score (nSPS) is 24.2. The van der Waals surface area contributed by atoms with Crippen molar-refractivity contribution >= 4 is 11.8 Å². The van der Waals surface area contributed by atoms with Gasteiger partial charge < -0.3 is 19.5 Å². The van der Waals surface area contributed by atoms with Gasteiger partial charge in [0.05, 0.1) is 5.92 Å². The van der Waals surface area contributed by atoms with E-state index in [0.29, 0.717) is 32.2 Å². The lowest BCUT2D eigenvalue weighted by atomic mass is 9.71. The second-order valence-corrected chi connectivity index (χ2v) is 8.24. The predicted molar refractivity (Wildman–Crippen MR) is 99.3 cm³/mol. The number of carbonyl (C=O) groups is 2. The summed E-state index contributed by atoms with van der Waals surface area (Å²) in [6.07, 6.45) is 5.55. The van der Waals surface area contributed by atoms with E-state index < -0.39 is 0 Å². The molecule has 2 saturated heterocycles. The third-order valence-electron chi connectivity index (χ3n) is 6.36. The lowest BCUT2D eigenvalue weighted by Crippen LogP contribution is -2.44. The Morgan fingerprint density at radius 2 is 2.04 bits per heavy atom. The highest BCUT2D eigenvalue weighted by molar-refractivity contribution is 5.95. The average molecular weight is 373 g/mol. The summed E-state index contributed by atoms with van der Waals surface area (Å²) in [6.45, 7) is 2.83. The number of pyridine rings is 1. The summed E-state index contributed by atoms with van der Waals surface area (Å²) in [5.74, 6) is 0.141. The van der Waals surface area contributed by atoms with Gasteiger partial charge >= 0.3 is 0 Å². The van der Waals surface area contributed by atoms with Crippen molar-refractivity contribution in [1.82, 2.24) is 14.8 Å². The molecule has 3 heterocycles. The van der Waals surface area contributed by atoms with Crippen molar-refractivity contribution in [3.63, 3.8) is 0 Å². The van der Waals surface area contributed by atoms with Crippen LogP contribution < -0.4 is 10.9 Å². The summed E-state index contributed by atoms with van der Waals surface area (Å²) >= 11 is 0. The van der Waals surface area contributed by atoms with Gasteiger partial charge in [-0.25, -0.2) is 0 Å². The first kappa shape index (κ1) is 18.2. The first-order chi connectivity index (χ1) is 13.0. The highest BCUT2D eigenvalue weighted by atomic mass is 16.5. The van der Waals surface area contributed by atoms with E-state index in [0.717, 1.165) is 19.4 Å². The van der Waals surface area contributed by atoms with Gasteiger partial charge in [-0.05, 0) is 43.7 Å². The second kappa shape index (κ2) is 7.11. The molecule has 7 nitrogen and oxygen atoms in total. The molecule has 27 heavy (non-hydrogen) atoms. The molecule has 1 atom stereocenters. The minimum absolute atomic E-state index is 0.0417. The molecule has 1 saturated carbocycles. The van der Waals surface area contributed by atoms with Crippen LogP contribution >= 0.6 is 0 Å². The second-order valence-electron chi connectivity index (χ2n) is 8.24.